The fourth-order valence-corrected chi connectivity index (χ4v) is 2.17. The molecule has 1 aromatic carbocycles. The number of rotatable bonds is 4. The molecule has 0 spiro atoms. The fraction of sp³-hybridized carbons (Fsp3) is 0.143. The van der Waals surface area contributed by atoms with Crippen LogP contribution in [0.15, 0.2) is 36.8 Å². The minimum atomic E-state index is -0.463. The molecule has 8 heteroatoms. The Morgan fingerprint density at radius 1 is 1.32 bits per heavy atom. The molecular formula is C14H13N5O3. The van der Waals surface area contributed by atoms with Crippen molar-refractivity contribution in [2.45, 2.75) is 6.54 Å². The average molecular weight is 299 g/mol. The van der Waals surface area contributed by atoms with Gasteiger partial charge in [0.25, 0.3) is 0 Å². The summed E-state index contributed by atoms with van der Waals surface area (Å²) < 4.78 is 4.77. The van der Waals surface area contributed by atoms with Crippen LogP contribution >= 0.6 is 0 Å². The van der Waals surface area contributed by atoms with E-state index < -0.39 is 5.97 Å². The Balaban J connectivity index is 1.87. The van der Waals surface area contributed by atoms with Crippen LogP contribution in [0.5, 0.6) is 0 Å². The van der Waals surface area contributed by atoms with Crippen LogP contribution in [0.1, 0.15) is 10.4 Å². The number of hydrogen-bond donors (Lipinski definition) is 2. The van der Waals surface area contributed by atoms with Crippen LogP contribution in [-0.4, -0.2) is 39.0 Å². The number of benzene rings is 1. The van der Waals surface area contributed by atoms with Gasteiger partial charge in [-0.15, -0.1) is 0 Å². The SMILES string of the molecule is COC(=O)c1cc(NC(=O)Cn2nccn2)cc2[nH]ccc12. The number of ether oxygens (including phenoxy) is 1. The lowest BCUT2D eigenvalue weighted by atomic mass is 10.1. The van der Waals surface area contributed by atoms with Crippen LogP contribution in [0.25, 0.3) is 10.9 Å². The van der Waals surface area contributed by atoms with Crippen molar-refractivity contribution in [2.75, 3.05) is 12.4 Å². The summed E-state index contributed by atoms with van der Waals surface area (Å²) in [6, 6.07) is 5.10. The summed E-state index contributed by atoms with van der Waals surface area (Å²) in [5, 5.41) is 11.2. The molecular weight excluding hydrogens is 286 g/mol. The van der Waals surface area contributed by atoms with Crippen molar-refractivity contribution in [1.82, 2.24) is 20.0 Å². The quantitative estimate of drug-likeness (QED) is 0.704. The van der Waals surface area contributed by atoms with Crippen LogP contribution in [0.3, 0.4) is 0 Å². The Labute approximate surface area is 125 Å². The van der Waals surface area contributed by atoms with Gasteiger partial charge in [-0.2, -0.15) is 15.0 Å². The van der Waals surface area contributed by atoms with Crippen molar-refractivity contribution < 1.29 is 14.3 Å². The van der Waals surface area contributed by atoms with Crippen molar-refractivity contribution in [2.24, 2.45) is 0 Å². The van der Waals surface area contributed by atoms with Crippen molar-refractivity contribution in [3.05, 3.63) is 42.4 Å². The standard InChI is InChI=1S/C14H13N5O3/c1-22-14(21)11-6-9(7-12-10(11)2-3-15-12)18-13(20)8-19-16-4-5-17-19/h2-7,15H,8H2,1H3,(H,18,20). The van der Waals surface area contributed by atoms with E-state index in [0.717, 1.165) is 10.9 Å². The van der Waals surface area contributed by atoms with Gasteiger partial charge in [0, 0.05) is 22.8 Å². The highest BCUT2D eigenvalue weighted by atomic mass is 16.5. The second-order valence-corrected chi connectivity index (χ2v) is 4.56. The molecule has 2 heterocycles. The maximum absolute atomic E-state index is 12.0. The highest BCUT2D eigenvalue weighted by Gasteiger charge is 2.14. The number of nitrogens with one attached hydrogen (secondary N) is 2. The van der Waals surface area contributed by atoms with Gasteiger partial charge >= 0.3 is 5.97 Å². The second kappa shape index (κ2) is 5.68. The molecule has 8 nitrogen and oxygen atoms in total. The van der Waals surface area contributed by atoms with E-state index >= 15 is 0 Å². The zero-order valence-corrected chi connectivity index (χ0v) is 11.7. The third-order valence-corrected chi connectivity index (χ3v) is 3.11. The summed E-state index contributed by atoms with van der Waals surface area (Å²) in [5.74, 6) is -0.757. The molecule has 0 unspecified atom stereocenters. The summed E-state index contributed by atoms with van der Waals surface area (Å²) in [6.07, 6.45) is 4.71. The molecule has 3 aromatic rings. The second-order valence-electron chi connectivity index (χ2n) is 4.56. The number of hydrogen-bond acceptors (Lipinski definition) is 5. The number of fused-ring (bicyclic) bond motifs is 1. The lowest BCUT2D eigenvalue weighted by Gasteiger charge is -2.08. The molecule has 0 fully saturated rings. The first-order valence-corrected chi connectivity index (χ1v) is 6.51. The van der Waals surface area contributed by atoms with E-state index in [0.29, 0.717) is 11.3 Å². The number of anilines is 1. The highest BCUT2D eigenvalue weighted by Crippen LogP contribution is 2.24. The van der Waals surface area contributed by atoms with Gasteiger partial charge in [-0.05, 0) is 18.2 Å². The molecule has 22 heavy (non-hydrogen) atoms. The number of amides is 1. The molecule has 0 radical (unpaired) electrons. The first-order valence-electron chi connectivity index (χ1n) is 6.51. The predicted octanol–water partition coefficient (Wildman–Crippen LogP) is 1.18. The number of aromatic nitrogens is 4. The molecule has 0 aliphatic carbocycles. The predicted molar refractivity (Wildman–Crippen MR) is 78.3 cm³/mol. The van der Waals surface area contributed by atoms with Crippen LogP contribution in [-0.2, 0) is 16.1 Å². The van der Waals surface area contributed by atoms with Gasteiger partial charge in [0.2, 0.25) is 5.91 Å². The van der Waals surface area contributed by atoms with Crippen LogP contribution in [0, 0.1) is 0 Å². The van der Waals surface area contributed by atoms with E-state index in [1.54, 1.807) is 24.4 Å². The minimum absolute atomic E-state index is 0.0106. The summed E-state index contributed by atoms with van der Waals surface area (Å²) in [5.41, 5.74) is 1.61. The van der Waals surface area contributed by atoms with E-state index in [-0.39, 0.29) is 12.5 Å². The Morgan fingerprint density at radius 3 is 2.82 bits per heavy atom. The molecule has 0 atom stereocenters. The highest BCUT2D eigenvalue weighted by molar-refractivity contribution is 6.06. The first-order chi connectivity index (χ1) is 10.7. The Bertz CT molecular complexity index is 822. The third kappa shape index (κ3) is 2.66. The number of methoxy groups -OCH3 is 1. The topological polar surface area (TPSA) is 102 Å². The normalized spacial score (nSPS) is 10.6. The van der Waals surface area contributed by atoms with Crippen LogP contribution in [0.2, 0.25) is 0 Å². The number of nitrogens with zero attached hydrogens (tertiary/aromatic N) is 3. The zero-order chi connectivity index (χ0) is 15.5. The lowest BCUT2D eigenvalue weighted by Crippen LogP contribution is -2.20. The number of H-pyrrole nitrogens is 1. The molecule has 112 valence electrons. The van der Waals surface area contributed by atoms with Crippen molar-refractivity contribution in [1.29, 1.82) is 0 Å². The molecule has 0 saturated carbocycles. The Kier molecular flexibility index (Phi) is 3.57. The monoisotopic (exact) mass is 299 g/mol. The average Bonchev–Trinajstić information content (AvgIpc) is 3.16. The molecule has 1 amide bonds. The maximum atomic E-state index is 12.0. The molecule has 0 saturated heterocycles. The van der Waals surface area contributed by atoms with E-state index in [1.165, 1.54) is 24.3 Å². The number of esters is 1. The number of carbonyl (C=O) groups excluding carboxylic acids is 2. The minimum Gasteiger partial charge on any atom is -0.465 e. The van der Waals surface area contributed by atoms with Gasteiger partial charge in [0.1, 0.15) is 6.54 Å². The van der Waals surface area contributed by atoms with Gasteiger partial charge in [-0.3, -0.25) is 4.79 Å². The van der Waals surface area contributed by atoms with Gasteiger partial charge in [-0.25, -0.2) is 4.79 Å². The van der Waals surface area contributed by atoms with Crippen molar-refractivity contribution in [3.63, 3.8) is 0 Å². The van der Waals surface area contributed by atoms with E-state index in [4.69, 9.17) is 4.74 Å². The number of carbonyl (C=O) groups is 2. The third-order valence-electron chi connectivity index (χ3n) is 3.11. The smallest absolute Gasteiger partial charge is 0.338 e. The largest absolute Gasteiger partial charge is 0.465 e. The molecule has 0 aliphatic heterocycles. The van der Waals surface area contributed by atoms with Crippen molar-refractivity contribution in [3.8, 4) is 0 Å². The number of aromatic amines is 1. The van der Waals surface area contributed by atoms with E-state index in [2.05, 4.69) is 20.5 Å². The molecule has 0 bridgehead atoms. The summed E-state index contributed by atoms with van der Waals surface area (Å²) in [6.45, 7) is -0.0106. The van der Waals surface area contributed by atoms with E-state index in [9.17, 15) is 9.59 Å². The van der Waals surface area contributed by atoms with Gasteiger partial charge in [0.15, 0.2) is 0 Å². The Morgan fingerprint density at radius 2 is 2.09 bits per heavy atom. The molecule has 3 rings (SSSR count). The molecule has 2 N–H and O–H groups in total. The summed E-state index contributed by atoms with van der Waals surface area (Å²) >= 11 is 0. The van der Waals surface area contributed by atoms with Gasteiger partial charge in [0.05, 0.1) is 25.1 Å². The van der Waals surface area contributed by atoms with E-state index in [1.807, 2.05) is 0 Å². The van der Waals surface area contributed by atoms with Crippen LogP contribution in [0.4, 0.5) is 5.69 Å². The first kappa shape index (κ1) is 13.8. The molecule has 0 aliphatic rings. The lowest BCUT2D eigenvalue weighted by molar-refractivity contribution is -0.117. The maximum Gasteiger partial charge on any atom is 0.338 e. The van der Waals surface area contributed by atoms with Gasteiger partial charge < -0.3 is 15.0 Å². The van der Waals surface area contributed by atoms with Crippen molar-refractivity contribution >= 4 is 28.5 Å². The Hall–Kier alpha value is -3.16. The zero-order valence-electron chi connectivity index (χ0n) is 11.7. The molecule has 2 aromatic heterocycles. The van der Waals surface area contributed by atoms with Gasteiger partial charge in [-0.1, -0.05) is 0 Å². The summed E-state index contributed by atoms with van der Waals surface area (Å²) in [7, 11) is 1.31. The van der Waals surface area contributed by atoms with Crippen LogP contribution < -0.4 is 5.32 Å². The fourth-order valence-electron chi connectivity index (χ4n) is 2.17. The summed E-state index contributed by atoms with van der Waals surface area (Å²) in [4.78, 5) is 28.1.